The Labute approximate surface area is 88.3 Å². The van der Waals surface area contributed by atoms with Gasteiger partial charge in [0.1, 0.15) is 0 Å². The van der Waals surface area contributed by atoms with Crippen molar-refractivity contribution in [1.82, 2.24) is 10.6 Å². The Kier molecular flexibility index (Phi) is 3.99. The summed E-state index contributed by atoms with van der Waals surface area (Å²) in [5.41, 5.74) is 1.04. The van der Waals surface area contributed by atoms with Gasteiger partial charge in [0.2, 0.25) is 0 Å². The van der Waals surface area contributed by atoms with Gasteiger partial charge in [0.05, 0.1) is 0 Å². The molecular weight excluding hydrogens is 204 g/mol. The minimum absolute atomic E-state index is 0.625. The van der Waals surface area contributed by atoms with Gasteiger partial charge < -0.3 is 10.6 Å². The van der Waals surface area contributed by atoms with E-state index in [4.69, 9.17) is 23.8 Å². The Morgan fingerprint density at radius 3 is 2.77 bits per heavy atom. The quantitative estimate of drug-likeness (QED) is 0.736. The molecule has 0 spiro atoms. The Hall–Kier alpha value is -0.800. The molecule has 2 N–H and O–H groups in total. The van der Waals surface area contributed by atoms with Gasteiger partial charge in [-0.1, -0.05) is 29.8 Å². The molecule has 0 aliphatic heterocycles. The first-order valence-electron chi connectivity index (χ1n) is 3.93. The highest BCUT2D eigenvalue weighted by molar-refractivity contribution is 7.80. The number of hydrogen-bond acceptors (Lipinski definition) is 1. The van der Waals surface area contributed by atoms with Crippen LogP contribution in [0.1, 0.15) is 5.56 Å². The average molecular weight is 215 g/mol. The van der Waals surface area contributed by atoms with Crippen molar-refractivity contribution in [2.45, 2.75) is 6.54 Å². The van der Waals surface area contributed by atoms with Crippen molar-refractivity contribution in [1.29, 1.82) is 0 Å². The third-order valence-electron chi connectivity index (χ3n) is 1.62. The summed E-state index contributed by atoms with van der Waals surface area (Å²) in [4.78, 5) is 0. The van der Waals surface area contributed by atoms with Crippen LogP contribution in [0.4, 0.5) is 0 Å². The summed E-state index contributed by atoms with van der Waals surface area (Å²) < 4.78 is 0. The lowest BCUT2D eigenvalue weighted by Gasteiger charge is -2.07. The first-order chi connectivity index (χ1) is 6.24. The summed E-state index contributed by atoms with van der Waals surface area (Å²) >= 11 is 10.9. The third-order valence-corrected chi connectivity index (χ3v) is 2.34. The fraction of sp³-hybridized carbons (Fsp3) is 0.222. The van der Waals surface area contributed by atoms with Crippen LogP contribution in [0.2, 0.25) is 5.02 Å². The van der Waals surface area contributed by atoms with E-state index in [1.54, 1.807) is 7.05 Å². The molecule has 13 heavy (non-hydrogen) atoms. The van der Waals surface area contributed by atoms with Gasteiger partial charge in [-0.05, 0) is 23.8 Å². The Balaban J connectivity index is 2.54. The molecule has 0 heterocycles. The number of rotatable bonds is 2. The van der Waals surface area contributed by atoms with Crippen LogP contribution in [-0.2, 0) is 6.54 Å². The van der Waals surface area contributed by atoms with Crippen molar-refractivity contribution < 1.29 is 0 Å². The lowest BCUT2D eigenvalue weighted by Crippen LogP contribution is -2.31. The Morgan fingerprint density at radius 2 is 2.15 bits per heavy atom. The lowest BCUT2D eigenvalue weighted by molar-refractivity contribution is 0.891. The molecule has 0 saturated carbocycles. The second-order valence-corrected chi connectivity index (χ2v) is 3.34. The summed E-state index contributed by atoms with van der Waals surface area (Å²) in [6, 6.07) is 7.68. The zero-order chi connectivity index (χ0) is 9.68. The van der Waals surface area contributed by atoms with Gasteiger partial charge in [-0.25, -0.2) is 0 Å². The first kappa shape index (κ1) is 10.3. The van der Waals surface area contributed by atoms with E-state index in [1.807, 2.05) is 24.3 Å². The van der Waals surface area contributed by atoms with E-state index in [9.17, 15) is 0 Å². The van der Waals surface area contributed by atoms with E-state index < -0.39 is 0 Å². The van der Waals surface area contributed by atoms with Gasteiger partial charge in [0, 0.05) is 18.6 Å². The van der Waals surface area contributed by atoms with E-state index >= 15 is 0 Å². The molecule has 0 fully saturated rings. The Morgan fingerprint density at radius 1 is 1.46 bits per heavy atom. The zero-order valence-corrected chi connectivity index (χ0v) is 8.88. The van der Waals surface area contributed by atoms with E-state index in [-0.39, 0.29) is 0 Å². The largest absolute Gasteiger partial charge is 0.366 e. The van der Waals surface area contributed by atoms with Gasteiger partial charge in [0.25, 0.3) is 0 Å². The van der Waals surface area contributed by atoms with E-state index in [0.29, 0.717) is 11.7 Å². The summed E-state index contributed by atoms with van der Waals surface area (Å²) in [5, 5.41) is 7.24. The summed E-state index contributed by atoms with van der Waals surface area (Å²) in [6.07, 6.45) is 0. The highest BCUT2D eigenvalue weighted by atomic mass is 35.5. The minimum atomic E-state index is 0.625. The third kappa shape index (κ3) is 3.20. The fourth-order valence-corrected chi connectivity index (χ4v) is 1.18. The van der Waals surface area contributed by atoms with Gasteiger partial charge >= 0.3 is 0 Å². The normalized spacial score (nSPS) is 9.38. The van der Waals surface area contributed by atoms with Crippen molar-refractivity contribution in [2.24, 2.45) is 0 Å². The molecule has 0 aliphatic carbocycles. The highest BCUT2D eigenvalue weighted by Crippen LogP contribution is 2.13. The summed E-state index contributed by atoms with van der Waals surface area (Å²) in [7, 11) is 1.78. The number of benzene rings is 1. The van der Waals surface area contributed by atoms with Crippen molar-refractivity contribution in [2.75, 3.05) is 7.05 Å². The standard InChI is InChI=1S/C9H11ClN2S/c1-11-9(13)12-6-7-4-2-3-5-8(7)10/h2-5H,6H2,1H3,(H2,11,12,13). The van der Waals surface area contributed by atoms with Crippen molar-refractivity contribution in [3.05, 3.63) is 34.9 Å². The molecule has 0 unspecified atom stereocenters. The fourth-order valence-electron chi connectivity index (χ4n) is 0.906. The monoisotopic (exact) mass is 214 g/mol. The maximum Gasteiger partial charge on any atom is 0.166 e. The van der Waals surface area contributed by atoms with Crippen LogP contribution in [0.25, 0.3) is 0 Å². The van der Waals surface area contributed by atoms with Crippen LogP contribution in [0.5, 0.6) is 0 Å². The van der Waals surface area contributed by atoms with Crippen LogP contribution in [-0.4, -0.2) is 12.2 Å². The average Bonchev–Trinajstić information content (AvgIpc) is 2.16. The molecule has 2 nitrogen and oxygen atoms in total. The maximum absolute atomic E-state index is 5.95. The maximum atomic E-state index is 5.95. The number of hydrogen-bond donors (Lipinski definition) is 2. The van der Waals surface area contributed by atoms with Crippen molar-refractivity contribution in [3.63, 3.8) is 0 Å². The van der Waals surface area contributed by atoms with Crippen molar-refractivity contribution in [3.8, 4) is 0 Å². The molecule has 4 heteroatoms. The van der Waals surface area contributed by atoms with Gasteiger partial charge in [0.15, 0.2) is 5.11 Å². The second kappa shape index (κ2) is 5.04. The van der Waals surface area contributed by atoms with Gasteiger partial charge in [-0.2, -0.15) is 0 Å². The molecule has 0 radical (unpaired) electrons. The molecule has 0 saturated heterocycles. The summed E-state index contributed by atoms with van der Waals surface area (Å²) in [6.45, 7) is 0.652. The van der Waals surface area contributed by atoms with Crippen molar-refractivity contribution >= 4 is 28.9 Å². The van der Waals surface area contributed by atoms with Gasteiger partial charge in [-0.3, -0.25) is 0 Å². The molecule has 0 amide bonds. The van der Waals surface area contributed by atoms with E-state index in [0.717, 1.165) is 10.6 Å². The highest BCUT2D eigenvalue weighted by Gasteiger charge is 1.98. The molecule has 70 valence electrons. The zero-order valence-electron chi connectivity index (χ0n) is 7.30. The second-order valence-electron chi connectivity index (χ2n) is 2.52. The first-order valence-corrected chi connectivity index (χ1v) is 4.71. The molecule has 0 atom stereocenters. The molecule has 0 aromatic heterocycles. The molecular formula is C9H11ClN2S. The van der Waals surface area contributed by atoms with E-state index in [2.05, 4.69) is 10.6 Å². The smallest absolute Gasteiger partial charge is 0.166 e. The Bertz CT molecular complexity index is 301. The minimum Gasteiger partial charge on any atom is -0.366 e. The molecule has 0 aliphatic rings. The van der Waals surface area contributed by atoms with Crippen LogP contribution in [0.3, 0.4) is 0 Å². The van der Waals surface area contributed by atoms with Crippen LogP contribution in [0, 0.1) is 0 Å². The SMILES string of the molecule is CNC(=S)NCc1ccccc1Cl. The predicted octanol–water partition coefficient (Wildman–Crippen LogP) is 1.93. The van der Waals surface area contributed by atoms with Gasteiger partial charge in [-0.15, -0.1) is 0 Å². The number of nitrogens with one attached hydrogen (secondary N) is 2. The van der Waals surface area contributed by atoms with Crippen LogP contribution in [0.15, 0.2) is 24.3 Å². The molecule has 1 aromatic carbocycles. The molecule has 0 bridgehead atoms. The lowest BCUT2D eigenvalue weighted by atomic mass is 10.2. The topological polar surface area (TPSA) is 24.1 Å². The molecule has 1 aromatic rings. The number of thiocarbonyl (C=S) groups is 1. The number of halogens is 1. The predicted molar refractivity (Wildman–Crippen MR) is 59.9 cm³/mol. The summed E-state index contributed by atoms with van der Waals surface area (Å²) in [5.74, 6) is 0. The molecule has 1 rings (SSSR count). The van der Waals surface area contributed by atoms with E-state index in [1.165, 1.54) is 0 Å². The van der Waals surface area contributed by atoms with Crippen LogP contribution >= 0.6 is 23.8 Å². The van der Waals surface area contributed by atoms with Crippen LogP contribution < -0.4 is 10.6 Å².